The molecule has 5 rings (SSSR count). The second kappa shape index (κ2) is 6.75. The summed E-state index contributed by atoms with van der Waals surface area (Å²) in [6.07, 6.45) is 9.19. The number of hydrogen-bond donors (Lipinski definition) is 0. The summed E-state index contributed by atoms with van der Waals surface area (Å²) >= 11 is 0. The van der Waals surface area contributed by atoms with Gasteiger partial charge in [0.1, 0.15) is 6.54 Å². The van der Waals surface area contributed by atoms with Crippen LogP contribution >= 0.6 is 0 Å². The lowest BCUT2D eigenvalue weighted by Crippen LogP contribution is -2.62. The van der Waals surface area contributed by atoms with Crippen LogP contribution in [0.5, 0.6) is 0 Å². The average Bonchev–Trinajstić information content (AvgIpc) is 2.90. The summed E-state index contributed by atoms with van der Waals surface area (Å²) in [7, 11) is 2.33. The number of nitrogens with zero attached hydrogens (tertiary/aromatic N) is 1. The second-order valence-electron chi connectivity index (χ2n) is 8.89. The van der Waals surface area contributed by atoms with Gasteiger partial charge >= 0.3 is 5.97 Å². The van der Waals surface area contributed by atoms with Crippen molar-refractivity contribution < 1.29 is 14.0 Å². The highest BCUT2D eigenvalue weighted by Crippen LogP contribution is 2.41. The first-order valence-corrected chi connectivity index (χ1v) is 10.2. The minimum absolute atomic E-state index is 0.0611. The smallest absolute Gasteiger partial charge is 0.317 e. The number of likely N-dealkylation sites (N-methyl/N-ethyl adjacent to an activating group) is 1. The summed E-state index contributed by atoms with van der Waals surface area (Å²) < 4.78 is 7.38. The number of fused-ring (bicyclic) bond motifs is 3. The first-order chi connectivity index (χ1) is 12.1. The standard InChI is InChI=1S/C22H32NO2/c1-23-15-11-18(12-16-23)20(17-23)25-21(24)22(13-7-2-3-8-14-22)19-9-5-4-6-10-19/h4-6,9-10,18,20H,2-3,7-8,11-17H2,1H3/q+1/t18?,20-,23?/m0/s1. The quantitative estimate of drug-likeness (QED) is 0.470. The lowest BCUT2D eigenvalue weighted by Gasteiger charge is -2.50. The Morgan fingerprint density at radius 3 is 2.28 bits per heavy atom. The van der Waals surface area contributed by atoms with E-state index in [-0.39, 0.29) is 12.1 Å². The molecule has 3 nitrogen and oxygen atoms in total. The monoisotopic (exact) mass is 342 g/mol. The van der Waals surface area contributed by atoms with Crippen LogP contribution in [-0.2, 0) is 14.9 Å². The molecule has 3 aliphatic heterocycles. The molecular weight excluding hydrogens is 310 g/mol. The molecule has 0 radical (unpaired) electrons. The lowest BCUT2D eigenvalue weighted by molar-refractivity contribution is -0.928. The number of quaternary nitrogens is 1. The number of esters is 1. The van der Waals surface area contributed by atoms with Gasteiger partial charge in [0.05, 0.1) is 25.6 Å². The average molecular weight is 343 g/mol. The van der Waals surface area contributed by atoms with E-state index in [2.05, 4.69) is 31.3 Å². The van der Waals surface area contributed by atoms with Crippen molar-refractivity contribution in [2.24, 2.45) is 5.92 Å². The molecule has 2 bridgehead atoms. The van der Waals surface area contributed by atoms with Crippen LogP contribution in [0, 0.1) is 5.92 Å². The highest BCUT2D eigenvalue weighted by Gasteiger charge is 2.48. The highest BCUT2D eigenvalue weighted by molar-refractivity contribution is 5.83. The Kier molecular flexibility index (Phi) is 4.61. The fraction of sp³-hybridized carbons (Fsp3) is 0.682. The molecule has 1 saturated carbocycles. The molecule has 3 heterocycles. The Labute approximate surface area is 151 Å². The van der Waals surface area contributed by atoms with E-state index >= 15 is 0 Å². The minimum Gasteiger partial charge on any atom is -0.455 e. The molecular formula is C22H32NO2+. The normalized spacial score (nSPS) is 34.3. The molecule has 25 heavy (non-hydrogen) atoms. The Balaban J connectivity index is 1.58. The van der Waals surface area contributed by atoms with E-state index in [0.29, 0.717) is 5.92 Å². The van der Waals surface area contributed by atoms with Gasteiger partial charge in [0.15, 0.2) is 6.10 Å². The van der Waals surface area contributed by atoms with E-state index in [0.717, 1.165) is 36.7 Å². The SMILES string of the molecule is C[N+]12CCC(CC1)[C@@H](OC(=O)C1(c3ccccc3)CCCCCC1)C2. The van der Waals surface area contributed by atoms with Crippen LogP contribution in [0.3, 0.4) is 0 Å². The Hall–Kier alpha value is -1.35. The zero-order valence-electron chi connectivity index (χ0n) is 15.6. The molecule has 1 aromatic carbocycles. The molecule has 1 atom stereocenters. The van der Waals surface area contributed by atoms with Crippen molar-refractivity contribution in [3.05, 3.63) is 35.9 Å². The molecule has 3 saturated heterocycles. The molecule has 1 aliphatic carbocycles. The van der Waals surface area contributed by atoms with E-state index in [1.807, 2.05) is 6.07 Å². The first kappa shape index (κ1) is 17.1. The van der Waals surface area contributed by atoms with Gasteiger partial charge in [0.25, 0.3) is 0 Å². The second-order valence-corrected chi connectivity index (χ2v) is 8.89. The van der Waals surface area contributed by atoms with Gasteiger partial charge in [-0.2, -0.15) is 0 Å². The molecule has 136 valence electrons. The van der Waals surface area contributed by atoms with Crippen molar-refractivity contribution in [1.29, 1.82) is 0 Å². The number of rotatable bonds is 3. The van der Waals surface area contributed by atoms with Gasteiger partial charge in [-0.1, -0.05) is 56.0 Å². The van der Waals surface area contributed by atoms with Gasteiger partial charge in [0.2, 0.25) is 0 Å². The number of benzene rings is 1. The zero-order chi connectivity index (χ0) is 17.3. The van der Waals surface area contributed by atoms with Gasteiger partial charge in [-0.3, -0.25) is 4.79 Å². The molecule has 4 fully saturated rings. The van der Waals surface area contributed by atoms with E-state index in [1.165, 1.54) is 44.3 Å². The first-order valence-electron chi connectivity index (χ1n) is 10.2. The molecule has 0 amide bonds. The number of hydrogen-bond acceptors (Lipinski definition) is 2. The Morgan fingerprint density at radius 1 is 1.04 bits per heavy atom. The predicted molar refractivity (Wildman–Crippen MR) is 99.2 cm³/mol. The molecule has 0 unspecified atom stereocenters. The maximum absolute atomic E-state index is 13.5. The molecule has 0 N–H and O–H groups in total. The summed E-state index contributed by atoms with van der Waals surface area (Å²) in [4.78, 5) is 13.5. The lowest BCUT2D eigenvalue weighted by atomic mass is 9.74. The summed E-state index contributed by atoms with van der Waals surface area (Å²) in [6.45, 7) is 3.52. The fourth-order valence-corrected chi connectivity index (χ4v) is 5.43. The topological polar surface area (TPSA) is 26.3 Å². The Morgan fingerprint density at radius 2 is 1.68 bits per heavy atom. The number of carbonyl (C=O) groups is 1. The highest BCUT2D eigenvalue weighted by atomic mass is 16.5. The van der Waals surface area contributed by atoms with Crippen LogP contribution in [0.15, 0.2) is 30.3 Å². The minimum atomic E-state index is -0.414. The van der Waals surface area contributed by atoms with Crippen LogP contribution in [0.4, 0.5) is 0 Å². The maximum atomic E-state index is 13.5. The molecule has 4 aliphatic rings. The van der Waals surface area contributed by atoms with Gasteiger partial charge in [-0.25, -0.2) is 0 Å². The maximum Gasteiger partial charge on any atom is 0.317 e. The van der Waals surface area contributed by atoms with Crippen molar-refractivity contribution in [3.63, 3.8) is 0 Å². The third kappa shape index (κ3) is 3.23. The largest absolute Gasteiger partial charge is 0.455 e. The van der Waals surface area contributed by atoms with E-state index in [4.69, 9.17) is 4.74 Å². The van der Waals surface area contributed by atoms with Crippen LogP contribution in [-0.4, -0.2) is 43.2 Å². The van der Waals surface area contributed by atoms with Crippen molar-refractivity contribution >= 4 is 5.97 Å². The van der Waals surface area contributed by atoms with Crippen molar-refractivity contribution in [2.75, 3.05) is 26.7 Å². The van der Waals surface area contributed by atoms with Crippen molar-refractivity contribution in [3.8, 4) is 0 Å². The van der Waals surface area contributed by atoms with Crippen molar-refractivity contribution in [2.45, 2.75) is 62.9 Å². The van der Waals surface area contributed by atoms with Crippen LogP contribution in [0.1, 0.15) is 56.9 Å². The Bertz CT molecular complexity index is 596. The number of piperidine rings is 3. The zero-order valence-corrected chi connectivity index (χ0v) is 15.6. The van der Waals surface area contributed by atoms with E-state index in [1.54, 1.807) is 0 Å². The van der Waals surface area contributed by atoms with Gasteiger partial charge in [0, 0.05) is 18.8 Å². The van der Waals surface area contributed by atoms with Crippen molar-refractivity contribution in [1.82, 2.24) is 0 Å². The van der Waals surface area contributed by atoms with Gasteiger partial charge in [-0.15, -0.1) is 0 Å². The number of carbonyl (C=O) groups excluding carboxylic acids is 1. The molecule has 3 heteroatoms. The van der Waals surface area contributed by atoms with Crippen LogP contribution < -0.4 is 0 Å². The van der Waals surface area contributed by atoms with E-state index < -0.39 is 5.41 Å². The summed E-state index contributed by atoms with van der Waals surface area (Å²) in [5.74, 6) is 0.647. The fourth-order valence-electron chi connectivity index (χ4n) is 5.43. The summed E-state index contributed by atoms with van der Waals surface area (Å²) in [6, 6.07) is 10.4. The molecule has 1 aromatic rings. The third-order valence-corrected chi connectivity index (χ3v) is 7.16. The predicted octanol–water partition coefficient (Wildman–Crippen LogP) is 4.06. The summed E-state index contributed by atoms with van der Waals surface area (Å²) in [5.41, 5.74) is 0.756. The molecule has 0 aromatic heterocycles. The van der Waals surface area contributed by atoms with E-state index in [9.17, 15) is 4.79 Å². The molecule has 0 spiro atoms. The van der Waals surface area contributed by atoms with Gasteiger partial charge < -0.3 is 9.22 Å². The van der Waals surface area contributed by atoms with Gasteiger partial charge in [-0.05, 0) is 18.4 Å². The van der Waals surface area contributed by atoms with Crippen LogP contribution in [0.2, 0.25) is 0 Å². The van der Waals surface area contributed by atoms with Crippen LogP contribution in [0.25, 0.3) is 0 Å². The third-order valence-electron chi connectivity index (χ3n) is 7.16. The summed E-state index contributed by atoms with van der Waals surface area (Å²) in [5, 5.41) is 0. The number of ether oxygens (including phenoxy) is 1.